The minimum atomic E-state index is -0.206. The Hall–Kier alpha value is -3.87. The lowest BCUT2D eigenvalue weighted by Crippen LogP contribution is -1.99. The molecular formula is C28H16N2O2S2. The topological polar surface area (TPSA) is 52.0 Å². The third-order valence-corrected chi connectivity index (χ3v) is 8.47. The van der Waals surface area contributed by atoms with Crippen molar-refractivity contribution in [3.63, 3.8) is 0 Å². The number of thiophene rings is 2. The van der Waals surface area contributed by atoms with Crippen molar-refractivity contribution in [2.24, 2.45) is 7.05 Å². The van der Waals surface area contributed by atoms with Crippen LogP contribution in [0.3, 0.4) is 0 Å². The van der Waals surface area contributed by atoms with Crippen LogP contribution < -0.4 is 0 Å². The number of aryl methyl sites for hydroxylation is 1. The molecule has 0 amide bonds. The Bertz CT molecular complexity index is 1780. The van der Waals surface area contributed by atoms with Crippen LogP contribution in [0.1, 0.15) is 25.6 Å². The van der Waals surface area contributed by atoms with Gasteiger partial charge < -0.3 is 4.57 Å². The Morgan fingerprint density at radius 2 is 1.44 bits per heavy atom. The monoisotopic (exact) mass is 476 g/mol. The summed E-state index contributed by atoms with van der Waals surface area (Å²) in [4.78, 5) is 33.9. The summed E-state index contributed by atoms with van der Waals surface area (Å²) in [5, 5.41) is 3.14. The predicted molar refractivity (Wildman–Crippen MR) is 140 cm³/mol. The maximum atomic E-state index is 13.1. The van der Waals surface area contributed by atoms with Gasteiger partial charge in [0.15, 0.2) is 17.4 Å². The lowest BCUT2D eigenvalue weighted by Gasteiger charge is -2.00. The highest BCUT2D eigenvalue weighted by atomic mass is 32.1. The second kappa shape index (κ2) is 7.06. The zero-order valence-electron chi connectivity index (χ0n) is 18.0. The molecule has 1 aliphatic carbocycles. The van der Waals surface area contributed by atoms with Gasteiger partial charge >= 0.3 is 0 Å². The summed E-state index contributed by atoms with van der Waals surface area (Å²) < 4.78 is 3.32. The second-order valence-electron chi connectivity index (χ2n) is 8.44. The molecule has 34 heavy (non-hydrogen) atoms. The summed E-state index contributed by atoms with van der Waals surface area (Å²) in [7, 11) is 2.01. The fourth-order valence-electron chi connectivity index (χ4n) is 4.66. The molecule has 0 unspecified atom stereocenters. The number of Topliss-reactive ketones (excluding diaryl/α,β-unsaturated/α-hetero) is 2. The predicted octanol–water partition coefficient (Wildman–Crippen LogP) is 7.13. The smallest absolute Gasteiger partial charge is 0.197 e. The third-order valence-electron chi connectivity index (χ3n) is 6.40. The number of benzene rings is 3. The molecule has 0 radical (unpaired) electrons. The first kappa shape index (κ1) is 19.6. The Morgan fingerprint density at radius 3 is 2.09 bits per heavy atom. The van der Waals surface area contributed by atoms with Crippen molar-refractivity contribution in [2.75, 3.05) is 0 Å². The maximum Gasteiger partial charge on any atom is 0.197 e. The number of carbonyl (C=O) groups excluding carboxylic acids is 2. The van der Waals surface area contributed by atoms with Gasteiger partial charge in [0.2, 0.25) is 0 Å². The Kier molecular flexibility index (Phi) is 4.07. The van der Waals surface area contributed by atoms with Crippen LogP contribution in [-0.4, -0.2) is 21.1 Å². The van der Waals surface area contributed by atoms with E-state index in [1.165, 1.54) is 21.4 Å². The molecule has 3 aromatic carbocycles. The lowest BCUT2D eigenvalue weighted by atomic mass is 10.0. The largest absolute Gasteiger partial charge is 0.326 e. The molecule has 4 nitrogen and oxygen atoms in total. The van der Waals surface area contributed by atoms with Gasteiger partial charge in [0.25, 0.3) is 0 Å². The van der Waals surface area contributed by atoms with Gasteiger partial charge in [-0.05, 0) is 52.6 Å². The summed E-state index contributed by atoms with van der Waals surface area (Å²) in [6.45, 7) is 0. The van der Waals surface area contributed by atoms with Gasteiger partial charge in [-0.3, -0.25) is 9.59 Å². The van der Waals surface area contributed by atoms with Crippen molar-refractivity contribution < 1.29 is 9.59 Å². The SMILES string of the molecule is Cn1c(-c2cc3ccccc3s2)nc2sc(C=C3C(=O)c4cc5ccccc5cc4C3=O)cc21. The van der Waals surface area contributed by atoms with Gasteiger partial charge in [-0.1, -0.05) is 42.5 Å². The van der Waals surface area contributed by atoms with Crippen LogP contribution >= 0.6 is 22.7 Å². The number of allylic oxidation sites excluding steroid dienone is 1. The number of aromatic nitrogens is 2. The first-order valence-corrected chi connectivity index (χ1v) is 12.5. The van der Waals surface area contributed by atoms with Crippen LogP contribution in [0.25, 0.3) is 48.0 Å². The number of hydrogen-bond donors (Lipinski definition) is 0. The number of nitrogens with zero attached hydrogens (tertiary/aromatic N) is 2. The number of rotatable bonds is 2. The quantitative estimate of drug-likeness (QED) is 0.197. The van der Waals surface area contributed by atoms with E-state index in [2.05, 4.69) is 22.8 Å². The Labute approximate surface area is 202 Å². The van der Waals surface area contributed by atoms with E-state index < -0.39 is 0 Å². The van der Waals surface area contributed by atoms with Crippen LogP contribution in [0.15, 0.2) is 78.4 Å². The molecule has 162 valence electrons. The minimum Gasteiger partial charge on any atom is -0.326 e. The average molecular weight is 477 g/mol. The number of fused-ring (bicyclic) bond motifs is 4. The fraction of sp³-hybridized carbons (Fsp3) is 0.0357. The molecule has 0 N–H and O–H groups in total. The molecule has 0 saturated carbocycles. The molecule has 1 aliphatic rings. The number of hydrogen-bond acceptors (Lipinski definition) is 5. The summed E-state index contributed by atoms with van der Waals surface area (Å²) >= 11 is 3.23. The van der Waals surface area contributed by atoms with Crippen molar-refractivity contribution in [3.05, 3.63) is 94.4 Å². The van der Waals surface area contributed by atoms with E-state index >= 15 is 0 Å². The molecule has 0 saturated heterocycles. The maximum absolute atomic E-state index is 13.1. The van der Waals surface area contributed by atoms with Gasteiger partial charge in [-0.15, -0.1) is 22.7 Å². The highest BCUT2D eigenvalue weighted by molar-refractivity contribution is 7.22. The summed E-state index contributed by atoms with van der Waals surface area (Å²) in [5.74, 6) is 0.512. The standard InChI is InChI=1S/C28H16N2O2S2/c1-30-22-14-18(33-28(22)29-27(30)24-12-17-8-4-5-9-23(17)34-24)13-21-25(31)19-10-15-6-2-3-7-16(15)11-20(19)26(21)32/h2-14H,1H3. The molecule has 0 bridgehead atoms. The number of imidazole rings is 1. The highest BCUT2D eigenvalue weighted by Gasteiger charge is 2.33. The molecule has 0 aliphatic heterocycles. The van der Waals surface area contributed by atoms with Crippen LogP contribution in [0, 0.1) is 0 Å². The van der Waals surface area contributed by atoms with Gasteiger partial charge in [-0.25, -0.2) is 4.98 Å². The zero-order chi connectivity index (χ0) is 23.0. The molecule has 6 aromatic rings. The lowest BCUT2D eigenvalue weighted by molar-refractivity contribution is 0.0990. The normalized spacial score (nSPS) is 13.5. The van der Waals surface area contributed by atoms with E-state index in [4.69, 9.17) is 4.98 Å². The Morgan fingerprint density at radius 1 is 0.794 bits per heavy atom. The van der Waals surface area contributed by atoms with E-state index in [1.807, 2.05) is 61.6 Å². The van der Waals surface area contributed by atoms with Crippen LogP contribution in [0.2, 0.25) is 0 Å². The minimum absolute atomic E-state index is 0.206. The molecule has 0 atom stereocenters. The molecule has 0 spiro atoms. The molecule has 3 aromatic heterocycles. The van der Waals surface area contributed by atoms with Crippen molar-refractivity contribution in [2.45, 2.75) is 0 Å². The van der Waals surface area contributed by atoms with E-state index in [-0.39, 0.29) is 17.1 Å². The summed E-state index contributed by atoms with van der Waals surface area (Å²) in [6, 6.07) is 24.0. The van der Waals surface area contributed by atoms with E-state index in [9.17, 15) is 9.59 Å². The fourth-order valence-corrected chi connectivity index (χ4v) is 6.75. The second-order valence-corrected chi connectivity index (χ2v) is 10.6. The first-order chi connectivity index (χ1) is 16.6. The number of carbonyl (C=O) groups is 2. The Balaban J connectivity index is 1.29. The molecule has 0 fully saturated rings. The van der Waals surface area contributed by atoms with Gasteiger partial charge in [0, 0.05) is 27.8 Å². The van der Waals surface area contributed by atoms with Crippen LogP contribution in [0.5, 0.6) is 0 Å². The average Bonchev–Trinajstić information content (AvgIpc) is 3.58. The van der Waals surface area contributed by atoms with Crippen molar-refractivity contribution in [3.8, 4) is 10.7 Å². The summed E-state index contributed by atoms with van der Waals surface area (Å²) in [6.07, 6.45) is 1.72. The highest BCUT2D eigenvalue weighted by Crippen LogP contribution is 2.38. The van der Waals surface area contributed by atoms with Crippen LogP contribution in [-0.2, 0) is 7.05 Å². The van der Waals surface area contributed by atoms with E-state index in [1.54, 1.807) is 17.4 Å². The zero-order valence-corrected chi connectivity index (χ0v) is 19.7. The molecule has 6 heteroatoms. The van der Waals surface area contributed by atoms with Gasteiger partial charge in [-0.2, -0.15) is 0 Å². The number of ketones is 2. The molecule has 3 heterocycles. The molecule has 7 rings (SSSR count). The molecular weight excluding hydrogens is 460 g/mol. The summed E-state index contributed by atoms with van der Waals surface area (Å²) in [5.41, 5.74) is 2.19. The van der Waals surface area contributed by atoms with Crippen LogP contribution in [0.4, 0.5) is 0 Å². The van der Waals surface area contributed by atoms with Gasteiger partial charge in [0.05, 0.1) is 16.0 Å². The van der Waals surface area contributed by atoms with Crippen molar-refractivity contribution in [1.29, 1.82) is 0 Å². The van der Waals surface area contributed by atoms with E-state index in [0.29, 0.717) is 11.1 Å². The van der Waals surface area contributed by atoms with Crippen molar-refractivity contribution >= 4 is 71.5 Å². The third kappa shape index (κ3) is 2.79. The van der Waals surface area contributed by atoms with E-state index in [0.717, 1.165) is 36.7 Å². The van der Waals surface area contributed by atoms with Gasteiger partial charge in [0.1, 0.15) is 4.83 Å². The first-order valence-electron chi connectivity index (χ1n) is 10.9. The van der Waals surface area contributed by atoms with Crippen molar-refractivity contribution in [1.82, 2.24) is 9.55 Å².